The fourth-order valence-corrected chi connectivity index (χ4v) is 1.64. The topological polar surface area (TPSA) is 82.2 Å². The van der Waals surface area contributed by atoms with E-state index in [2.05, 4.69) is 15.1 Å². The minimum absolute atomic E-state index is 0.337. The quantitative estimate of drug-likeness (QED) is 0.685. The molecule has 2 N–H and O–H groups in total. The van der Waals surface area contributed by atoms with Crippen molar-refractivity contribution in [2.24, 2.45) is 5.73 Å². The van der Waals surface area contributed by atoms with Crippen LogP contribution in [0, 0.1) is 0 Å². The second-order valence-electron chi connectivity index (χ2n) is 3.30. The first-order chi connectivity index (χ1) is 7.90. The van der Waals surface area contributed by atoms with Gasteiger partial charge in [-0.25, -0.2) is 9.50 Å². The van der Waals surface area contributed by atoms with Crippen LogP contribution in [0.5, 0.6) is 0 Å². The van der Waals surface area contributed by atoms with E-state index in [4.69, 9.17) is 10.2 Å². The Bertz CT molecular complexity index is 627. The number of nitrogens with two attached hydrogens (primary N) is 1. The molecule has 0 saturated heterocycles. The van der Waals surface area contributed by atoms with Gasteiger partial charge in [-0.1, -0.05) is 0 Å². The van der Waals surface area contributed by atoms with Crippen LogP contribution in [0.15, 0.2) is 35.6 Å². The van der Waals surface area contributed by atoms with Crippen LogP contribution in [0.2, 0.25) is 0 Å². The van der Waals surface area contributed by atoms with Crippen LogP contribution in [0.3, 0.4) is 0 Å². The van der Waals surface area contributed by atoms with E-state index >= 15 is 0 Å². The van der Waals surface area contributed by atoms with E-state index in [1.54, 1.807) is 29.3 Å². The Labute approximate surface area is 90.7 Å². The molecule has 0 bridgehead atoms. The molecule has 0 saturated carbocycles. The molecule has 0 aromatic carbocycles. The van der Waals surface area contributed by atoms with Gasteiger partial charge in [-0.15, -0.1) is 0 Å². The van der Waals surface area contributed by atoms with Gasteiger partial charge in [0.2, 0.25) is 0 Å². The molecule has 0 amide bonds. The molecule has 16 heavy (non-hydrogen) atoms. The third-order valence-corrected chi connectivity index (χ3v) is 2.40. The molecule has 0 aliphatic rings. The molecule has 3 rings (SSSR count). The SMILES string of the molecule is NCc1ncoc1-c1cnn2ccncc12. The zero-order valence-corrected chi connectivity index (χ0v) is 8.37. The molecular formula is C10H9N5O. The van der Waals surface area contributed by atoms with E-state index in [0.29, 0.717) is 12.3 Å². The van der Waals surface area contributed by atoms with Crippen molar-refractivity contribution in [2.45, 2.75) is 6.54 Å². The molecular weight excluding hydrogens is 206 g/mol. The first kappa shape index (κ1) is 9.05. The third-order valence-electron chi connectivity index (χ3n) is 2.40. The zero-order valence-electron chi connectivity index (χ0n) is 8.37. The molecule has 6 heteroatoms. The van der Waals surface area contributed by atoms with Crippen LogP contribution in [-0.2, 0) is 6.54 Å². The lowest BCUT2D eigenvalue weighted by atomic mass is 10.2. The van der Waals surface area contributed by atoms with Gasteiger partial charge in [-0.2, -0.15) is 5.10 Å². The fourth-order valence-electron chi connectivity index (χ4n) is 1.64. The fraction of sp³-hybridized carbons (Fsp3) is 0.100. The maximum absolute atomic E-state index is 5.58. The zero-order chi connectivity index (χ0) is 11.0. The first-order valence-corrected chi connectivity index (χ1v) is 4.80. The van der Waals surface area contributed by atoms with Crippen molar-refractivity contribution >= 4 is 5.52 Å². The molecule has 0 unspecified atom stereocenters. The largest absolute Gasteiger partial charge is 0.443 e. The summed E-state index contributed by atoms with van der Waals surface area (Å²) in [4.78, 5) is 8.11. The van der Waals surface area contributed by atoms with E-state index in [1.807, 2.05) is 0 Å². The summed E-state index contributed by atoms with van der Waals surface area (Å²) in [6, 6.07) is 0. The van der Waals surface area contributed by atoms with Gasteiger partial charge in [0, 0.05) is 18.9 Å². The van der Waals surface area contributed by atoms with Gasteiger partial charge in [0.05, 0.1) is 23.5 Å². The molecule has 0 fully saturated rings. The summed E-state index contributed by atoms with van der Waals surface area (Å²) >= 11 is 0. The molecule has 0 atom stereocenters. The Morgan fingerprint density at radius 2 is 2.31 bits per heavy atom. The van der Waals surface area contributed by atoms with E-state index in [9.17, 15) is 0 Å². The highest BCUT2D eigenvalue weighted by Crippen LogP contribution is 2.26. The van der Waals surface area contributed by atoms with Crippen LogP contribution in [0.1, 0.15) is 5.69 Å². The van der Waals surface area contributed by atoms with Crippen molar-refractivity contribution in [1.29, 1.82) is 0 Å². The first-order valence-electron chi connectivity index (χ1n) is 4.80. The number of rotatable bonds is 2. The van der Waals surface area contributed by atoms with E-state index in [-0.39, 0.29) is 0 Å². The van der Waals surface area contributed by atoms with Crippen molar-refractivity contribution in [3.63, 3.8) is 0 Å². The van der Waals surface area contributed by atoms with Crippen molar-refractivity contribution in [3.05, 3.63) is 36.9 Å². The molecule has 0 spiro atoms. The Kier molecular flexibility index (Phi) is 1.94. The normalized spacial score (nSPS) is 11.1. The Morgan fingerprint density at radius 1 is 1.38 bits per heavy atom. The van der Waals surface area contributed by atoms with Crippen LogP contribution in [-0.4, -0.2) is 19.6 Å². The summed E-state index contributed by atoms with van der Waals surface area (Å²) in [6.45, 7) is 0.337. The average Bonchev–Trinajstić information content (AvgIpc) is 2.94. The summed E-state index contributed by atoms with van der Waals surface area (Å²) in [5.74, 6) is 0.658. The van der Waals surface area contributed by atoms with Crippen LogP contribution < -0.4 is 5.73 Å². The molecule has 6 nitrogen and oxygen atoms in total. The lowest BCUT2D eigenvalue weighted by Crippen LogP contribution is -1.98. The highest BCUT2D eigenvalue weighted by atomic mass is 16.3. The number of hydrogen-bond donors (Lipinski definition) is 1. The third kappa shape index (κ3) is 1.20. The number of nitrogens with zero attached hydrogens (tertiary/aromatic N) is 4. The minimum Gasteiger partial charge on any atom is -0.443 e. The number of aromatic nitrogens is 4. The Balaban J connectivity index is 2.26. The summed E-state index contributed by atoms with van der Waals surface area (Å²) in [7, 11) is 0. The number of hydrogen-bond acceptors (Lipinski definition) is 5. The summed E-state index contributed by atoms with van der Waals surface area (Å²) in [5.41, 5.74) is 8.02. The molecule has 3 aromatic rings. The second kappa shape index (κ2) is 3.42. The summed E-state index contributed by atoms with van der Waals surface area (Å²) < 4.78 is 7.06. The number of oxazole rings is 1. The highest BCUT2D eigenvalue weighted by molar-refractivity contribution is 5.77. The number of fused-ring (bicyclic) bond motifs is 1. The predicted octanol–water partition coefficient (Wildman–Crippen LogP) is 0.843. The standard InChI is InChI=1S/C10H9N5O/c11-3-8-10(16-6-13-8)7-4-14-15-2-1-12-5-9(7)15/h1-2,4-6H,3,11H2. The van der Waals surface area contributed by atoms with E-state index in [0.717, 1.165) is 16.8 Å². The highest BCUT2D eigenvalue weighted by Gasteiger charge is 2.14. The Morgan fingerprint density at radius 3 is 3.19 bits per heavy atom. The Hall–Kier alpha value is -2.21. The molecule has 0 radical (unpaired) electrons. The lowest BCUT2D eigenvalue weighted by molar-refractivity contribution is 0.571. The van der Waals surface area contributed by atoms with Gasteiger partial charge in [0.15, 0.2) is 12.2 Å². The van der Waals surface area contributed by atoms with Gasteiger partial charge in [-0.05, 0) is 0 Å². The summed E-state index contributed by atoms with van der Waals surface area (Å²) in [5, 5.41) is 4.20. The minimum atomic E-state index is 0.337. The van der Waals surface area contributed by atoms with Crippen molar-refractivity contribution < 1.29 is 4.42 Å². The lowest BCUT2D eigenvalue weighted by Gasteiger charge is -1.96. The van der Waals surface area contributed by atoms with Crippen molar-refractivity contribution in [1.82, 2.24) is 19.6 Å². The van der Waals surface area contributed by atoms with Crippen LogP contribution in [0.25, 0.3) is 16.8 Å². The second-order valence-corrected chi connectivity index (χ2v) is 3.30. The predicted molar refractivity (Wildman–Crippen MR) is 56.4 cm³/mol. The smallest absolute Gasteiger partial charge is 0.181 e. The van der Waals surface area contributed by atoms with Crippen molar-refractivity contribution in [3.8, 4) is 11.3 Å². The molecule has 3 heterocycles. The van der Waals surface area contributed by atoms with Gasteiger partial charge < -0.3 is 10.2 Å². The maximum Gasteiger partial charge on any atom is 0.181 e. The average molecular weight is 215 g/mol. The van der Waals surface area contributed by atoms with Gasteiger partial charge in [0.25, 0.3) is 0 Å². The summed E-state index contributed by atoms with van der Waals surface area (Å²) in [6.07, 6.45) is 8.28. The van der Waals surface area contributed by atoms with Crippen LogP contribution >= 0.6 is 0 Å². The molecule has 80 valence electrons. The van der Waals surface area contributed by atoms with E-state index < -0.39 is 0 Å². The molecule has 0 aliphatic carbocycles. The maximum atomic E-state index is 5.58. The van der Waals surface area contributed by atoms with Crippen LogP contribution in [0.4, 0.5) is 0 Å². The van der Waals surface area contributed by atoms with Gasteiger partial charge in [-0.3, -0.25) is 4.98 Å². The monoisotopic (exact) mass is 215 g/mol. The molecule has 3 aromatic heterocycles. The van der Waals surface area contributed by atoms with Gasteiger partial charge in [0.1, 0.15) is 5.69 Å². The van der Waals surface area contributed by atoms with Crippen molar-refractivity contribution in [2.75, 3.05) is 0 Å². The van der Waals surface area contributed by atoms with Gasteiger partial charge >= 0.3 is 0 Å². The van der Waals surface area contributed by atoms with E-state index in [1.165, 1.54) is 6.39 Å². The molecule has 0 aliphatic heterocycles.